The summed E-state index contributed by atoms with van der Waals surface area (Å²) < 4.78 is 6.05. The van der Waals surface area contributed by atoms with Gasteiger partial charge in [-0.05, 0) is 37.8 Å². The highest BCUT2D eigenvalue weighted by Crippen LogP contribution is 2.40. The zero-order valence-electron chi connectivity index (χ0n) is 12.4. The third kappa shape index (κ3) is 2.83. The van der Waals surface area contributed by atoms with Crippen LogP contribution in [0.2, 0.25) is 0 Å². The maximum absolute atomic E-state index is 6.05. The first kappa shape index (κ1) is 13.8. The number of ether oxygens (including phenoxy) is 1. The summed E-state index contributed by atoms with van der Waals surface area (Å²) in [6.45, 7) is 4.02. The fourth-order valence-electron chi connectivity index (χ4n) is 2.28. The summed E-state index contributed by atoms with van der Waals surface area (Å²) >= 11 is 0. The minimum Gasteiger partial charge on any atom is -0.438 e. The fourth-order valence-corrected chi connectivity index (χ4v) is 2.28. The van der Waals surface area contributed by atoms with Crippen molar-refractivity contribution in [2.45, 2.75) is 39.0 Å². The van der Waals surface area contributed by atoms with Crippen LogP contribution in [0.1, 0.15) is 42.6 Å². The van der Waals surface area contributed by atoms with Crippen molar-refractivity contribution in [1.82, 2.24) is 9.97 Å². The number of para-hydroxylation sites is 1. The van der Waals surface area contributed by atoms with Gasteiger partial charge in [0, 0.05) is 5.92 Å². The summed E-state index contributed by atoms with van der Waals surface area (Å²) in [6.07, 6.45) is 3.19. The molecule has 1 aliphatic rings. The number of anilines is 1. The number of aryl methyl sites for hydroxylation is 1. The number of hydrogen-bond acceptors (Lipinski definition) is 5. The summed E-state index contributed by atoms with van der Waals surface area (Å²) in [4.78, 5) is 9.06. The molecule has 0 spiro atoms. The van der Waals surface area contributed by atoms with Crippen LogP contribution < -0.4 is 16.0 Å². The van der Waals surface area contributed by atoms with E-state index in [4.69, 9.17) is 10.6 Å². The van der Waals surface area contributed by atoms with E-state index >= 15 is 0 Å². The third-order valence-corrected chi connectivity index (χ3v) is 3.76. The Kier molecular flexibility index (Phi) is 3.75. The highest BCUT2D eigenvalue weighted by Gasteiger charge is 2.28. The van der Waals surface area contributed by atoms with Gasteiger partial charge in [-0.3, -0.25) is 0 Å². The number of aromatic nitrogens is 2. The zero-order chi connectivity index (χ0) is 14.8. The molecule has 0 bridgehead atoms. The van der Waals surface area contributed by atoms with Crippen LogP contribution in [0.5, 0.6) is 11.6 Å². The molecule has 1 heterocycles. The van der Waals surface area contributed by atoms with Crippen LogP contribution in [-0.2, 0) is 6.42 Å². The molecule has 1 saturated carbocycles. The maximum Gasteiger partial charge on any atom is 0.227 e. The lowest BCUT2D eigenvalue weighted by Gasteiger charge is -2.14. The van der Waals surface area contributed by atoms with Crippen LogP contribution in [-0.4, -0.2) is 9.97 Å². The van der Waals surface area contributed by atoms with Crippen LogP contribution in [0, 0.1) is 6.92 Å². The molecule has 21 heavy (non-hydrogen) atoms. The summed E-state index contributed by atoms with van der Waals surface area (Å²) in [7, 11) is 0. The van der Waals surface area contributed by atoms with Crippen molar-refractivity contribution < 1.29 is 4.74 Å². The maximum atomic E-state index is 6.05. The number of hydrazine groups is 1. The Bertz CT molecular complexity index is 653. The molecule has 1 aliphatic carbocycles. The highest BCUT2D eigenvalue weighted by molar-refractivity contribution is 5.50. The van der Waals surface area contributed by atoms with Crippen molar-refractivity contribution in [2.75, 3.05) is 5.43 Å². The van der Waals surface area contributed by atoms with Gasteiger partial charge >= 0.3 is 0 Å². The molecule has 0 unspecified atom stereocenters. The Hall–Kier alpha value is -2.14. The predicted octanol–water partition coefficient (Wildman–Crippen LogP) is 3.30. The number of benzene rings is 1. The SMILES string of the molecule is CCc1ccccc1Oc1nc(C2CC2)nc(NN)c1C. The molecule has 110 valence electrons. The molecule has 3 rings (SSSR count). The monoisotopic (exact) mass is 284 g/mol. The number of hydrogen-bond donors (Lipinski definition) is 2. The Labute approximate surface area is 124 Å². The van der Waals surface area contributed by atoms with E-state index in [1.54, 1.807) is 0 Å². The van der Waals surface area contributed by atoms with Gasteiger partial charge in [-0.25, -0.2) is 10.8 Å². The van der Waals surface area contributed by atoms with E-state index in [9.17, 15) is 0 Å². The van der Waals surface area contributed by atoms with E-state index in [1.807, 2.05) is 25.1 Å². The number of nitrogens with two attached hydrogens (primary N) is 1. The van der Waals surface area contributed by atoms with Gasteiger partial charge in [0.2, 0.25) is 5.88 Å². The topological polar surface area (TPSA) is 73.1 Å². The van der Waals surface area contributed by atoms with Gasteiger partial charge in [0.25, 0.3) is 0 Å². The molecule has 5 heteroatoms. The molecule has 5 nitrogen and oxygen atoms in total. The molecule has 0 amide bonds. The quantitative estimate of drug-likeness (QED) is 0.651. The van der Waals surface area contributed by atoms with Crippen LogP contribution >= 0.6 is 0 Å². The second-order valence-corrected chi connectivity index (χ2v) is 5.34. The van der Waals surface area contributed by atoms with Crippen molar-refractivity contribution in [3.8, 4) is 11.6 Å². The van der Waals surface area contributed by atoms with E-state index in [0.717, 1.165) is 42.0 Å². The van der Waals surface area contributed by atoms with Crippen LogP contribution in [0.4, 0.5) is 5.82 Å². The molecule has 1 aromatic carbocycles. The fraction of sp³-hybridized carbons (Fsp3) is 0.375. The lowest BCUT2D eigenvalue weighted by Crippen LogP contribution is -2.13. The highest BCUT2D eigenvalue weighted by atomic mass is 16.5. The number of nitrogens with zero attached hydrogens (tertiary/aromatic N) is 2. The van der Waals surface area contributed by atoms with E-state index in [-0.39, 0.29) is 0 Å². The summed E-state index contributed by atoms with van der Waals surface area (Å²) in [5.41, 5.74) is 4.63. The van der Waals surface area contributed by atoms with Crippen LogP contribution in [0.3, 0.4) is 0 Å². The first-order valence-corrected chi connectivity index (χ1v) is 7.33. The molecule has 3 N–H and O–H groups in total. The van der Waals surface area contributed by atoms with Gasteiger partial charge in [0.05, 0.1) is 5.56 Å². The minimum atomic E-state index is 0.446. The first-order valence-electron chi connectivity index (χ1n) is 7.33. The number of rotatable bonds is 5. The van der Waals surface area contributed by atoms with E-state index in [0.29, 0.717) is 17.6 Å². The minimum absolute atomic E-state index is 0.446. The van der Waals surface area contributed by atoms with Crippen molar-refractivity contribution in [1.29, 1.82) is 0 Å². The molecular weight excluding hydrogens is 264 g/mol. The van der Waals surface area contributed by atoms with Gasteiger partial charge < -0.3 is 10.2 Å². The van der Waals surface area contributed by atoms with Gasteiger partial charge in [0.1, 0.15) is 11.6 Å². The van der Waals surface area contributed by atoms with Gasteiger partial charge in [-0.15, -0.1) is 0 Å². The van der Waals surface area contributed by atoms with Crippen molar-refractivity contribution in [2.24, 2.45) is 5.84 Å². The molecule has 2 aromatic rings. The van der Waals surface area contributed by atoms with Gasteiger partial charge in [-0.2, -0.15) is 4.98 Å². The standard InChI is InChI=1S/C16H20N4O/c1-3-11-6-4-5-7-13(11)21-16-10(2)14(20-17)18-15(19-16)12-8-9-12/h4-7,12H,3,8-9,17H2,1-2H3,(H,18,19,20). The molecule has 0 saturated heterocycles. The molecule has 1 fully saturated rings. The summed E-state index contributed by atoms with van der Waals surface area (Å²) in [6, 6.07) is 8.01. The van der Waals surface area contributed by atoms with E-state index in [2.05, 4.69) is 28.4 Å². The Morgan fingerprint density at radius 3 is 2.71 bits per heavy atom. The third-order valence-electron chi connectivity index (χ3n) is 3.76. The summed E-state index contributed by atoms with van der Waals surface area (Å²) in [5, 5.41) is 0. The Balaban J connectivity index is 1.99. The first-order chi connectivity index (χ1) is 10.2. The molecular formula is C16H20N4O. The van der Waals surface area contributed by atoms with Crippen molar-refractivity contribution in [3.63, 3.8) is 0 Å². The van der Waals surface area contributed by atoms with Crippen molar-refractivity contribution >= 4 is 5.82 Å². The van der Waals surface area contributed by atoms with Crippen LogP contribution in [0.25, 0.3) is 0 Å². The summed E-state index contributed by atoms with van der Waals surface area (Å²) in [5.74, 6) is 8.88. The number of nitrogens with one attached hydrogen (secondary N) is 1. The normalized spacial score (nSPS) is 14.0. The largest absolute Gasteiger partial charge is 0.438 e. The molecule has 0 aliphatic heterocycles. The lowest BCUT2D eigenvalue weighted by molar-refractivity contribution is 0.450. The average molecular weight is 284 g/mol. The Morgan fingerprint density at radius 1 is 1.29 bits per heavy atom. The molecule has 0 radical (unpaired) electrons. The van der Waals surface area contributed by atoms with Crippen LogP contribution in [0.15, 0.2) is 24.3 Å². The van der Waals surface area contributed by atoms with Gasteiger partial charge in [-0.1, -0.05) is 25.1 Å². The van der Waals surface area contributed by atoms with E-state index in [1.165, 1.54) is 0 Å². The van der Waals surface area contributed by atoms with Gasteiger partial charge in [0.15, 0.2) is 5.82 Å². The molecule has 1 aromatic heterocycles. The number of nitrogen functional groups attached to an aromatic ring is 1. The second-order valence-electron chi connectivity index (χ2n) is 5.34. The lowest BCUT2D eigenvalue weighted by atomic mass is 10.1. The zero-order valence-corrected chi connectivity index (χ0v) is 12.4. The molecule has 0 atom stereocenters. The average Bonchev–Trinajstić information content (AvgIpc) is 3.34. The predicted molar refractivity (Wildman–Crippen MR) is 82.4 cm³/mol. The van der Waals surface area contributed by atoms with Crippen molar-refractivity contribution in [3.05, 3.63) is 41.2 Å². The Morgan fingerprint density at radius 2 is 2.05 bits per heavy atom. The van der Waals surface area contributed by atoms with E-state index < -0.39 is 0 Å². The second kappa shape index (κ2) is 5.69. The smallest absolute Gasteiger partial charge is 0.227 e.